The number of benzene rings is 1. The minimum absolute atomic E-state index is 0.134. The van der Waals surface area contributed by atoms with Crippen LogP contribution in [0, 0.1) is 0 Å². The number of para-hydroxylation sites is 1. The Balaban J connectivity index is 1.65. The van der Waals surface area contributed by atoms with Crippen LogP contribution in [0.1, 0.15) is 35.1 Å². The molecule has 1 N–H and O–H groups in total. The fraction of sp³-hybridized carbons (Fsp3) is 0.250. The van der Waals surface area contributed by atoms with Gasteiger partial charge >= 0.3 is 5.69 Å². The molecule has 0 atom stereocenters. The van der Waals surface area contributed by atoms with Crippen LogP contribution >= 0.6 is 0 Å². The van der Waals surface area contributed by atoms with Gasteiger partial charge in [0.15, 0.2) is 11.6 Å². The van der Waals surface area contributed by atoms with Crippen molar-refractivity contribution in [2.75, 3.05) is 5.32 Å². The van der Waals surface area contributed by atoms with Crippen LogP contribution in [0.5, 0.6) is 0 Å². The summed E-state index contributed by atoms with van der Waals surface area (Å²) in [5, 5.41) is 6.71. The minimum Gasteiger partial charge on any atom is -0.448 e. The van der Waals surface area contributed by atoms with Crippen molar-refractivity contribution in [2.45, 2.75) is 18.8 Å². The molecule has 1 aromatic carbocycles. The van der Waals surface area contributed by atoms with Crippen LogP contribution in [0.4, 0.5) is 5.95 Å². The van der Waals surface area contributed by atoms with E-state index in [4.69, 9.17) is 4.42 Å². The van der Waals surface area contributed by atoms with Gasteiger partial charge in [0, 0.05) is 13.0 Å². The van der Waals surface area contributed by atoms with Crippen LogP contribution in [-0.4, -0.2) is 25.2 Å². The lowest BCUT2D eigenvalue weighted by Crippen LogP contribution is -2.23. The lowest BCUT2D eigenvalue weighted by molar-refractivity contribution is 0.102. The first-order valence-electron chi connectivity index (χ1n) is 7.62. The number of aromatic nitrogens is 4. The number of hydrogen-bond acceptors (Lipinski definition) is 5. The van der Waals surface area contributed by atoms with E-state index in [9.17, 15) is 9.59 Å². The topological polar surface area (TPSA) is 94.9 Å². The molecule has 1 aliphatic rings. The van der Waals surface area contributed by atoms with Crippen molar-refractivity contribution in [3.8, 4) is 5.69 Å². The highest BCUT2D eigenvalue weighted by Gasteiger charge is 2.29. The molecule has 2 heterocycles. The molecular formula is C16H15N5O3. The molecule has 1 saturated carbocycles. The number of amides is 1. The molecule has 2 aromatic heterocycles. The first-order chi connectivity index (χ1) is 11.6. The van der Waals surface area contributed by atoms with Gasteiger partial charge in [-0.3, -0.25) is 10.1 Å². The van der Waals surface area contributed by atoms with Gasteiger partial charge in [-0.1, -0.05) is 18.2 Å². The summed E-state index contributed by atoms with van der Waals surface area (Å²) in [6, 6.07) is 8.98. The zero-order chi connectivity index (χ0) is 16.7. The summed E-state index contributed by atoms with van der Waals surface area (Å²) in [7, 11) is 1.53. The van der Waals surface area contributed by atoms with Gasteiger partial charge in [0.25, 0.3) is 5.91 Å². The average molecular weight is 325 g/mol. The van der Waals surface area contributed by atoms with Crippen molar-refractivity contribution in [1.82, 2.24) is 19.3 Å². The van der Waals surface area contributed by atoms with E-state index in [0.717, 1.165) is 12.8 Å². The molecule has 24 heavy (non-hydrogen) atoms. The maximum atomic E-state index is 12.4. The van der Waals surface area contributed by atoms with Gasteiger partial charge in [-0.2, -0.15) is 0 Å². The SMILES string of the molecule is Cn1nc(NC(=O)c2coc(C3CC3)n2)n(-c2ccccc2)c1=O. The summed E-state index contributed by atoms with van der Waals surface area (Å²) in [5.74, 6) is 0.577. The Morgan fingerprint density at radius 3 is 2.75 bits per heavy atom. The fourth-order valence-corrected chi connectivity index (χ4v) is 2.43. The van der Waals surface area contributed by atoms with Gasteiger partial charge < -0.3 is 4.42 Å². The molecule has 3 aromatic rings. The third-order valence-electron chi connectivity index (χ3n) is 3.85. The van der Waals surface area contributed by atoms with Crippen LogP contribution in [0.2, 0.25) is 0 Å². The molecule has 1 amide bonds. The van der Waals surface area contributed by atoms with Crippen molar-refractivity contribution >= 4 is 11.9 Å². The molecular weight excluding hydrogens is 310 g/mol. The Morgan fingerprint density at radius 1 is 1.29 bits per heavy atom. The van der Waals surface area contributed by atoms with E-state index >= 15 is 0 Å². The Hall–Kier alpha value is -3.16. The Bertz CT molecular complexity index is 950. The monoisotopic (exact) mass is 325 g/mol. The highest BCUT2D eigenvalue weighted by atomic mass is 16.3. The number of oxazole rings is 1. The molecule has 1 fully saturated rings. The van der Waals surface area contributed by atoms with Crippen LogP contribution in [0.3, 0.4) is 0 Å². The van der Waals surface area contributed by atoms with Crippen LogP contribution in [0.25, 0.3) is 5.69 Å². The summed E-state index contributed by atoms with van der Waals surface area (Å²) in [4.78, 5) is 28.9. The summed E-state index contributed by atoms with van der Waals surface area (Å²) in [6.07, 6.45) is 3.40. The van der Waals surface area contributed by atoms with Crippen molar-refractivity contribution in [1.29, 1.82) is 0 Å². The minimum atomic E-state index is -0.464. The fourth-order valence-electron chi connectivity index (χ4n) is 2.43. The first kappa shape index (κ1) is 14.4. The zero-order valence-corrected chi connectivity index (χ0v) is 13.0. The lowest BCUT2D eigenvalue weighted by atomic mass is 10.3. The van der Waals surface area contributed by atoms with Crippen molar-refractivity contribution < 1.29 is 9.21 Å². The summed E-state index contributed by atoms with van der Waals surface area (Å²) >= 11 is 0. The molecule has 8 heteroatoms. The second-order valence-corrected chi connectivity index (χ2v) is 5.70. The normalized spacial score (nSPS) is 13.9. The molecule has 0 unspecified atom stereocenters. The standard InChI is InChI=1S/C16H15N5O3/c1-20-16(23)21(11-5-3-2-4-6-11)15(19-20)18-13(22)12-9-24-14(17-12)10-7-8-10/h2-6,9-10H,7-8H2,1H3,(H,18,19,22). The highest BCUT2D eigenvalue weighted by molar-refractivity contribution is 6.01. The van der Waals surface area contributed by atoms with Gasteiger partial charge in [0.1, 0.15) is 6.26 Å². The quantitative estimate of drug-likeness (QED) is 0.787. The van der Waals surface area contributed by atoms with Crippen LogP contribution in [0.15, 0.2) is 45.8 Å². The van der Waals surface area contributed by atoms with Gasteiger partial charge in [0.05, 0.1) is 5.69 Å². The predicted octanol–water partition coefficient (Wildman–Crippen LogP) is 1.69. The second kappa shape index (κ2) is 5.48. The van der Waals surface area contributed by atoms with E-state index < -0.39 is 5.91 Å². The number of nitrogens with zero attached hydrogens (tertiary/aromatic N) is 4. The summed E-state index contributed by atoms with van der Waals surface area (Å²) in [6.45, 7) is 0. The number of carbonyl (C=O) groups is 1. The van der Waals surface area contributed by atoms with E-state index in [0.29, 0.717) is 17.5 Å². The van der Waals surface area contributed by atoms with Crippen molar-refractivity contribution in [3.05, 3.63) is 58.7 Å². The third-order valence-corrected chi connectivity index (χ3v) is 3.85. The molecule has 0 spiro atoms. The molecule has 8 nitrogen and oxygen atoms in total. The Kier molecular flexibility index (Phi) is 3.30. The number of aryl methyl sites for hydroxylation is 1. The molecule has 1 aliphatic carbocycles. The number of hydrogen-bond donors (Lipinski definition) is 1. The van der Waals surface area contributed by atoms with Gasteiger partial charge in [-0.25, -0.2) is 19.0 Å². The van der Waals surface area contributed by atoms with Crippen molar-refractivity contribution in [2.24, 2.45) is 7.05 Å². The third kappa shape index (κ3) is 2.51. The van der Waals surface area contributed by atoms with E-state index in [1.165, 1.54) is 22.6 Å². The smallest absolute Gasteiger partial charge is 0.351 e. The highest BCUT2D eigenvalue weighted by Crippen LogP contribution is 2.39. The molecule has 122 valence electrons. The van der Waals surface area contributed by atoms with Crippen molar-refractivity contribution in [3.63, 3.8) is 0 Å². The van der Waals surface area contributed by atoms with Gasteiger partial charge in [-0.05, 0) is 25.0 Å². The van der Waals surface area contributed by atoms with Crippen LogP contribution in [-0.2, 0) is 7.05 Å². The number of rotatable bonds is 4. The molecule has 0 saturated heterocycles. The van der Waals surface area contributed by atoms with Gasteiger partial charge in [-0.15, -0.1) is 5.10 Å². The number of nitrogens with one attached hydrogen (secondary N) is 1. The van der Waals surface area contributed by atoms with E-state index in [-0.39, 0.29) is 17.3 Å². The maximum Gasteiger partial charge on any atom is 0.351 e. The summed E-state index contributed by atoms with van der Waals surface area (Å²) in [5.41, 5.74) is 0.439. The maximum absolute atomic E-state index is 12.4. The Morgan fingerprint density at radius 2 is 2.04 bits per heavy atom. The average Bonchev–Trinajstić information content (AvgIpc) is 3.25. The molecule has 0 bridgehead atoms. The van der Waals surface area contributed by atoms with Crippen LogP contribution < -0.4 is 11.0 Å². The zero-order valence-electron chi connectivity index (χ0n) is 13.0. The summed E-state index contributed by atoms with van der Waals surface area (Å²) < 4.78 is 7.83. The number of carbonyl (C=O) groups excluding carboxylic acids is 1. The molecule has 0 radical (unpaired) electrons. The Labute approximate surface area is 136 Å². The second-order valence-electron chi connectivity index (χ2n) is 5.70. The lowest BCUT2D eigenvalue weighted by Gasteiger charge is -2.05. The predicted molar refractivity (Wildman–Crippen MR) is 85.2 cm³/mol. The first-order valence-corrected chi connectivity index (χ1v) is 7.62. The molecule has 4 rings (SSSR count). The van der Waals surface area contributed by atoms with Gasteiger partial charge in [0.2, 0.25) is 5.95 Å². The van der Waals surface area contributed by atoms with E-state index in [2.05, 4.69) is 15.4 Å². The molecule has 0 aliphatic heterocycles. The number of anilines is 1. The largest absolute Gasteiger partial charge is 0.448 e. The van der Waals surface area contributed by atoms with E-state index in [1.807, 2.05) is 6.07 Å². The van der Waals surface area contributed by atoms with E-state index in [1.54, 1.807) is 24.3 Å².